The van der Waals surface area contributed by atoms with E-state index < -0.39 is 0 Å². The third-order valence-electron chi connectivity index (χ3n) is 12.2. The van der Waals surface area contributed by atoms with E-state index in [4.69, 9.17) is 4.42 Å². The van der Waals surface area contributed by atoms with E-state index in [-0.39, 0.29) is 17.5 Å². The van der Waals surface area contributed by atoms with Crippen LogP contribution in [0.25, 0.3) is 42.3 Å². The normalized spacial score (nSPS) is 13.7. The van der Waals surface area contributed by atoms with Crippen molar-refractivity contribution < 1.29 is 4.42 Å². The van der Waals surface area contributed by atoms with Gasteiger partial charge in [0.05, 0.1) is 21.7 Å². The van der Waals surface area contributed by atoms with Crippen molar-refractivity contribution in [3.63, 3.8) is 0 Å². The molecule has 0 bridgehead atoms. The van der Waals surface area contributed by atoms with Crippen LogP contribution >= 0.6 is 11.3 Å². The predicted octanol–water partition coefficient (Wildman–Crippen LogP) is 13.1. The maximum absolute atomic E-state index is 7.14. The van der Waals surface area contributed by atoms with Crippen LogP contribution in [-0.4, -0.2) is 6.71 Å². The second kappa shape index (κ2) is 12.2. The van der Waals surface area contributed by atoms with E-state index in [1.54, 1.807) is 0 Å². The number of fused-ring (bicyclic) bond motifs is 9. The van der Waals surface area contributed by atoms with Gasteiger partial charge in [0.15, 0.2) is 0 Å². The summed E-state index contributed by atoms with van der Waals surface area (Å²) < 4.78 is 9.74. The number of furan rings is 1. The first-order valence-corrected chi connectivity index (χ1v) is 20.9. The van der Waals surface area contributed by atoms with Crippen LogP contribution in [0.3, 0.4) is 0 Å². The van der Waals surface area contributed by atoms with Crippen molar-refractivity contribution in [3.8, 4) is 11.1 Å². The summed E-state index contributed by atoms with van der Waals surface area (Å²) in [6.45, 7) is 13.6. The number of rotatable bonds is 3. The third-order valence-corrected chi connectivity index (χ3v) is 13.5. The molecule has 2 aliphatic heterocycles. The lowest BCUT2D eigenvalue weighted by atomic mass is 9.35. The van der Waals surface area contributed by atoms with Crippen molar-refractivity contribution in [1.82, 2.24) is 0 Å². The van der Waals surface area contributed by atoms with Crippen LogP contribution in [0, 0.1) is 0 Å². The van der Waals surface area contributed by atoms with E-state index in [1.807, 2.05) is 11.3 Å². The smallest absolute Gasteiger partial charge is 0.297 e. The number of para-hydroxylation sites is 1. The maximum Gasteiger partial charge on any atom is 0.297 e. The van der Waals surface area contributed by atoms with Gasteiger partial charge in [0.1, 0.15) is 5.58 Å². The Kier molecular flexibility index (Phi) is 7.35. The van der Waals surface area contributed by atoms with E-state index in [2.05, 4.69) is 203 Å². The number of nitrogens with zero attached hydrogens (tertiary/aromatic N) is 2. The number of benzene rings is 7. The molecule has 0 saturated heterocycles. The highest BCUT2D eigenvalue weighted by Gasteiger charge is 2.46. The van der Waals surface area contributed by atoms with Gasteiger partial charge in [0, 0.05) is 43.6 Å². The lowest BCUT2D eigenvalue weighted by Gasteiger charge is -2.42. The molecule has 276 valence electrons. The minimum absolute atomic E-state index is 0.00924. The zero-order valence-corrected chi connectivity index (χ0v) is 34.0. The van der Waals surface area contributed by atoms with Gasteiger partial charge in [0.2, 0.25) is 0 Å². The molecule has 0 unspecified atom stereocenters. The Labute approximate surface area is 338 Å². The molecular formula is C52H43BN2OS. The Morgan fingerprint density at radius 1 is 0.509 bits per heavy atom. The molecule has 2 aliphatic rings. The van der Waals surface area contributed by atoms with Crippen molar-refractivity contribution in [1.29, 1.82) is 0 Å². The molecule has 0 atom stereocenters. The monoisotopic (exact) mass is 754 g/mol. The lowest BCUT2D eigenvalue weighted by Crippen LogP contribution is -2.60. The average Bonchev–Trinajstić information content (AvgIpc) is 3.79. The molecule has 0 saturated carbocycles. The van der Waals surface area contributed by atoms with E-state index in [0.717, 1.165) is 28.0 Å². The minimum Gasteiger partial charge on any atom is -0.468 e. The standard InChI is InChI=1S/C52H43BN2OS/c1-51(2,3)33-25-28-35(29-26-33)54-42-22-14-23-43-46(42)53(50-47(54)39-31-34(52(4,5)6)27-30-45(39)56-50)40-20-10-11-21-41(40)55(43)44-24-13-19-38-37-18-12-17-36(48(37)57-49(38)44)32-15-8-7-9-16-32/h7-31H,1-6H3. The van der Waals surface area contributed by atoms with Crippen LogP contribution in [-0.2, 0) is 10.8 Å². The van der Waals surface area contributed by atoms with Crippen LogP contribution in [0.15, 0.2) is 156 Å². The molecule has 7 aromatic carbocycles. The fourth-order valence-electron chi connectivity index (χ4n) is 9.30. The summed E-state index contributed by atoms with van der Waals surface area (Å²) in [5.41, 5.74) is 16.6. The van der Waals surface area contributed by atoms with Crippen molar-refractivity contribution >= 4 is 99.9 Å². The number of anilines is 6. The van der Waals surface area contributed by atoms with Gasteiger partial charge in [-0.25, -0.2) is 0 Å². The Hall–Kier alpha value is -6.04. The van der Waals surface area contributed by atoms with Crippen molar-refractivity contribution in [2.45, 2.75) is 52.4 Å². The first kappa shape index (κ1) is 34.2. The molecule has 4 heterocycles. The van der Waals surface area contributed by atoms with E-state index in [0.29, 0.717) is 0 Å². The van der Waals surface area contributed by atoms with Gasteiger partial charge in [-0.1, -0.05) is 145 Å². The molecule has 0 N–H and O–H groups in total. The summed E-state index contributed by atoms with van der Waals surface area (Å²) in [5.74, 6) is 0. The summed E-state index contributed by atoms with van der Waals surface area (Å²) in [4.78, 5) is 5.00. The highest BCUT2D eigenvalue weighted by Crippen LogP contribution is 2.50. The summed E-state index contributed by atoms with van der Waals surface area (Å²) >= 11 is 1.90. The summed E-state index contributed by atoms with van der Waals surface area (Å²) in [7, 11) is 0. The SMILES string of the molecule is CC(C)(C)c1ccc(N2c3cccc4c3B(c3ccccc3N4c3cccc4c3sc3c(-c5ccccc5)cccc34)c3oc4ccc(C(C)(C)C)cc4c32)cc1. The molecule has 0 fully saturated rings. The summed E-state index contributed by atoms with van der Waals surface area (Å²) in [5, 5.41) is 3.73. The second-order valence-corrected chi connectivity index (χ2v) is 18.8. The van der Waals surface area contributed by atoms with Gasteiger partial charge < -0.3 is 14.2 Å². The molecule has 57 heavy (non-hydrogen) atoms. The van der Waals surface area contributed by atoms with E-state index in [1.165, 1.54) is 76.1 Å². The molecule has 2 aromatic heterocycles. The quantitative estimate of drug-likeness (QED) is 0.168. The highest BCUT2D eigenvalue weighted by atomic mass is 32.1. The summed E-state index contributed by atoms with van der Waals surface area (Å²) in [6, 6.07) is 56.2. The molecule has 0 amide bonds. The first-order chi connectivity index (χ1) is 27.6. The van der Waals surface area contributed by atoms with Gasteiger partial charge in [-0.05, 0) is 92.5 Å². The average molecular weight is 755 g/mol. The first-order valence-electron chi connectivity index (χ1n) is 20.1. The van der Waals surface area contributed by atoms with Gasteiger partial charge >= 0.3 is 0 Å². The molecule has 0 aliphatic carbocycles. The Morgan fingerprint density at radius 3 is 1.88 bits per heavy atom. The summed E-state index contributed by atoms with van der Waals surface area (Å²) in [6.07, 6.45) is 0. The Bertz CT molecular complexity index is 3050. The van der Waals surface area contributed by atoms with Crippen molar-refractivity contribution in [2.75, 3.05) is 9.80 Å². The van der Waals surface area contributed by atoms with Crippen LogP contribution in [0.4, 0.5) is 34.1 Å². The van der Waals surface area contributed by atoms with Crippen molar-refractivity contribution in [3.05, 3.63) is 163 Å². The molecule has 11 rings (SSSR count). The van der Waals surface area contributed by atoms with Gasteiger partial charge in [-0.2, -0.15) is 0 Å². The topological polar surface area (TPSA) is 19.6 Å². The third kappa shape index (κ3) is 5.11. The van der Waals surface area contributed by atoms with Crippen LogP contribution in [0.5, 0.6) is 0 Å². The van der Waals surface area contributed by atoms with Crippen LogP contribution in [0.1, 0.15) is 52.7 Å². The highest BCUT2D eigenvalue weighted by molar-refractivity contribution is 7.27. The molecule has 0 spiro atoms. The number of thiophene rings is 1. The Balaban J connectivity index is 1.19. The number of hydrogen-bond acceptors (Lipinski definition) is 4. The number of hydrogen-bond donors (Lipinski definition) is 0. The fourth-order valence-corrected chi connectivity index (χ4v) is 10.6. The fraction of sp³-hybridized carbons (Fsp3) is 0.154. The zero-order valence-electron chi connectivity index (χ0n) is 33.2. The van der Waals surface area contributed by atoms with E-state index >= 15 is 0 Å². The van der Waals surface area contributed by atoms with Gasteiger partial charge in [-0.3, -0.25) is 0 Å². The molecular weight excluding hydrogens is 711 g/mol. The largest absolute Gasteiger partial charge is 0.468 e. The van der Waals surface area contributed by atoms with Crippen LogP contribution < -0.4 is 26.4 Å². The molecule has 0 radical (unpaired) electrons. The molecule has 9 aromatic rings. The van der Waals surface area contributed by atoms with Crippen molar-refractivity contribution in [2.24, 2.45) is 0 Å². The second-order valence-electron chi connectivity index (χ2n) is 17.7. The minimum atomic E-state index is -0.0828. The lowest BCUT2D eigenvalue weighted by molar-refractivity contribution is 0.590. The van der Waals surface area contributed by atoms with Gasteiger partial charge in [-0.15, -0.1) is 11.3 Å². The maximum atomic E-state index is 7.14. The molecule has 5 heteroatoms. The van der Waals surface area contributed by atoms with Crippen LogP contribution in [0.2, 0.25) is 0 Å². The Morgan fingerprint density at radius 2 is 1.12 bits per heavy atom. The van der Waals surface area contributed by atoms with E-state index in [9.17, 15) is 0 Å². The molecule has 3 nitrogen and oxygen atoms in total. The zero-order chi connectivity index (χ0) is 38.8. The van der Waals surface area contributed by atoms with Gasteiger partial charge in [0.25, 0.3) is 6.71 Å². The predicted molar refractivity (Wildman–Crippen MR) is 246 cm³/mol.